The van der Waals surface area contributed by atoms with Crippen molar-refractivity contribution >= 4 is 28.5 Å². The molecule has 0 fully saturated rings. The molecule has 0 unspecified atom stereocenters. The number of rotatable bonds is 5. The summed E-state index contributed by atoms with van der Waals surface area (Å²) in [6.07, 6.45) is 1.77. The molecule has 1 aromatic carbocycles. The van der Waals surface area contributed by atoms with Crippen LogP contribution in [0.3, 0.4) is 0 Å². The van der Waals surface area contributed by atoms with Crippen LogP contribution < -0.4 is 11.1 Å². The molecule has 0 spiro atoms. The fraction of sp³-hybridized carbons (Fsp3) is 0.364. The van der Waals surface area contributed by atoms with Gasteiger partial charge in [0.05, 0.1) is 3.57 Å². The summed E-state index contributed by atoms with van der Waals surface area (Å²) in [6, 6.07) is 4.88. The van der Waals surface area contributed by atoms with Crippen LogP contribution in [0.2, 0.25) is 0 Å². The Bertz CT molecular complexity index is 369. The quantitative estimate of drug-likeness (QED) is 0.564. The Morgan fingerprint density at radius 3 is 2.81 bits per heavy atom. The first-order valence-corrected chi connectivity index (χ1v) is 6.20. The Balaban J connectivity index is 2.50. The molecule has 1 rings (SSSR count). The molecular weight excluding hydrogens is 319 g/mol. The SMILES string of the molecule is NCCCCNC(=O)c1ccc(I)c(O)c1. The van der Waals surface area contributed by atoms with Crippen molar-refractivity contribution in [2.45, 2.75) is 12.8 Å². The van der Waals surface area contributed by atoms with Crippen LogP contribution in [0.25, 0.3) is 0 Å². The molecule has 0 aliphatic carbocycles. The second kappa shape index (κ2) is 6.70. The van der Waals surface area contributed by atoms with E-state index in [1.54, 1.807) is 12.1 Å². The number of unbranched alkanes of at least 4 members (excludes halogenated alkanes) is 1. The predicted molar refractivity (Wildman–Crippen MR) is 71.4 cm³/mol. The number of carbonyl (C=O) groups is 1. The van der Waals surface area contributed by atoms with Crippen molar-refractivity contribution in [2.24, 2.45) is 5.73 Å². The second-order valence-electron chi connectivity index (χ2n) is 3.42. The Kier molecular flexibility index (Phi) is 5.54. The predicted octanol–water partition coefficient (Wildman–Crippen LogP) is 1.47. The van der Waals surface area contributed by atoms with Crippen LogP contribution in [0.15, 0.2) is 18.2 Å². The molecule has 1 aromatic rings. The lowest BCUT2D eigenvalue weighted by atomic mass is 10.2. The third kappa shape index (κ3) is 3.97. The number of hydrogen-bond acceptors (Lipinski definition) is 3. The Labute approximate surface area is 108 Å². The molecule has 0 saturated carbocycles. The highest BCUT2D eigenvalue weighted by Gasteiger charge is 2.07. The van der Waals surface area contributed by atoms with E-state index in [2.05, 4.69) is 5.32 Å². The maximum absolute atomic E-state index is 11.6. The molecule has 88 valence electrons. The summed E-state index contributed by atoms with van der Waals surface area (Å²) < 4.78 is 0.734. The fourth-order valence-electron chi connectivity index (χ4n) is 1.23. The first kappa shape index (κ1) is 13.2. The highest BCUT2D eigenvalue weighted by Crippen LogP contribution is 2.20. The van der Waals surface area contributed by atoms with Crippen molar-refractivity contribution in [1.82, 2.24) is 5.32 Å². The highest BCUT2D eigenvalue weighted by atomic mass is 127. The van der Waals surface area contributed by atoms with Crippen LogP contribution >= 0.6 is 22.6 Å². The van der Waals surface area contributed by atoms with Gasteiger partial charge < -0.3 is 16.2 Å². The first-order chi connectivity index (χ1) is 7.65. The largest absolute Gasteiger partial charge is 0.507 e. The van der Waals surface area contributed by atoms with Gasteiger partial charge in [0.25, 0.3) is 5.91 Å². The molecule has 5 heteroatoms. The first-order valence-electron chi connectivity index (χ1n) is 5.12. The van der Waals surface area contributed by atoms with Gasteiger partial charge >= 0.3 is 0 Å². The fourth-order valence-corrected chi connectivity index (χ4v) is 1.56. The lowest BCUT2D eigenvalue weighted by molar-refractivity contribution is 0.0952. The second-order valence-corrected chi connectivity index (χ2v) is 4.58. The van der Waals surface area contributed by atoms with Gasteiger partial charge in [-0.2, -0.15) is 0 Å². The number of aromatic hydroxyl groups is 1. The van der Waals surface area contributed by atoms with Crippen LogP contribution in [0.4, 0.5) is 0 Å². The van der Waals surface area contributed by atoms with Crippen molar-refractivity contribution in [3.8, 4) is 5.75 Å². The van der Waals surface area contributed by atoms with Crippen molar-refractivity contribution in [3.63, 3.8) is 0 Å². The van der Waals surface area contributed by atoms with Crippen LogP contribution in [0, 0.1) is 3.57 Å². The summed E-state index contributed by atoms with van der Waals surface area (Å²) in [5.74, 6) is -0.0288. The van der Waals surface area contributed by atoms with E-state index in [9.17, 15) is 9.90 Å². The monoisotopic (exact) mass is 334 g/mol. The smallest absolute Gasteiger partial charge is 0.251 e. The summed E-state index contributed by atoms with van der Waals surface area (Å²) in [4.78, 5) is 11.6. The van der Waals surface area contributed by atoms with Gasteiger partial charge in [0.1, 0.15) is 5.75 Å². The van der Waals surface area contributed by atoms with Gasteiger partial charge in [-0.05, 0) is 60.2 Å². The molecule has 0 radical (unpaired) electrons. The van der Waals surface area contributed by atoms with E-state index in [-0.39, 0.29) is 11.7 Å². The van der Waals surface area contributed by atoms with Crippen molar-refractivity contribution < 1.29 is 9.90 Å². The van der Waals surface area contributed by atoms with E-state index < -0.39 is 0 Å². The van der Waals surface area contributed by atoms with Gasteiger partial charge in [0.15, 0.2) is 0 Å². The highest BCUT2D eigenvalue weighted by molar-refractivity contribution is 14.1. The normalized spacial score (nSPS) is 10.1. The van der Waals surface area contributed by atoms with Gasteiger partial charge in [0.2, 0.25) is 0 Å². The Morgan fingerprint density at radius 1 is 1.44 bits per heavy atom. The minimum atomic E-state index is -0.163. The molecule has 0 bridgehead atoms. The average molecular weight is 334 g/mol. The minimum absolute atomic E-state index is 0.134. The van der Waals surface area contributed by atoms with Crippen molar-refractivity contribution in [2.75, 3.05) is 13.1 Å². The van der Waals surface area contributed by atoms with Crippen LogP contribution in [-0.2, 0) is 0 Å². The Hall–Kier alpha value is -0.820. The van der Waals surface area contributed by atoms with Gasteiger partial charge in [-0.15, -0.1) is 0 Å². The summed E-state index contributed by atoms with van der Waals surface area (Å²) >= 11 is 2.01. The van der Waals surface area contributed by atoms with E-state index in [4.69, 9.17) is 5.73 Å². The van der Waals surface area contributed by atoms with E-state index >= 15 is 0 Å². The van der Waals surface area contributed by atoms with Gasteiger partial charge in [-0.25, -0.2) is 0 Å². The summed E-state index contributed by atoms with van der Waals surface area (Å²) in [5, 5.41) is 12.2. The third-order valence-corrected chi connectivity index (χ3v) is 3.04. The standard InChI is InChI=1S/C11H15IN2O2/c12-9-4-3-8(7-10(9)15)11(16)14-6-2-1-5-13/h3-4,7,15H,1-2,5-6,13H2,(H,14,16). The maximum Gasteiger partial charge on any atom is 0.251 e. The number of halogens is 1. The van der Waals surface area contributed by atoms with E-state index in [0.717, 1.165) is 16.4 Å². The molecule has 1 amide bonds. The lowest BCUT2D eigenvalue weighted by Gasteiger charge is -2.05. The van der Waals surface area contributed by atoms with Crippen LogP contribution in [0.1, 0.15) is 23.2 Å². The molecule has 0 saturated heterocycles. The number of phenols is 1. The number of carbonyl (C=O) groups excluding carboxylic acids is 1. The Morgan fingerprint density at radius 2 is 2.19 bits per heavy atom. The van der Waals surface area contributed by atoms with E-state index in [1.807, 2.05) is 22.6 Å². The molecule has 16 heavy (non-hydrogen) atoms. The number of phenolic OH excluding ortho intramolecular Hbond substituents is 1. The number of benzene rings is 1. The molecule has 0 atom stereocenters. The zero-order chi connectivity index (χ0) is 12.0. The van der Waals surface area contributed by atoms with E-state index in [1.165, 1.54) is 6.07 Å². The van der Waals surface area contributed by atoms with E-state index in [0.29, 0.717) is 18.7 Å². The van der Waals surface area contributed by atoms with Crippen LogP contribution in [0.5, 0.6) is 5.75 Å². The number of nitrogens with two attached hydrogens (primary N) is 1. The lowest BCUT2D eigenvalue weighted by Crippen LogP contribution is -2.24. The molecule has 0 aliphatic heterocycles. The molecule has 4 nitrogen and oxygen atoms in total. The molecular formula is C11H15IN2O2. The average Bonchev–Trinajstić information content (AvgIpc) is 2.28. The molecule has 0 heterocycles. The molecule has 4 N–H and O–H groups in total. The van der Waals surface area contributed by atoms with Crippen molar-refractivity contribution in [3.05, 3.63) is 27.3 Å². The topological polar surface area (TPSA) is 75.3 Å². The minimum Gasteiger partial charge on any atom is -0.507 e. The zero-order valence-corrected chi connectivity index (χ0v) is 11.0. The van der Waals surface area contributed by atoms with Gasteiger partial charge in [0, 0.05) is 12.1 Å². The van der Waals surface area contributed by atoms with Gasteiger partial charge in [-0.3, -0.25) is 4.79 Å². The molecule has 0 aromatic heterocycles. The summed E-state index contributed by atoms with van der Waals surface area (Å²) in [6.45, 7) is 1.25. The number of nitrogens with one attached hydrogen (secondary N) is 1. The van der Waals surface area contributed by atoms with Crippen molar-refractivity contribution in [1.29, 1.82) is 0 Å². The summed E-state index contributed by atoms with van der Waals surface area (Å²) in [7, 11) is 0. The third-order valence-electron chi connectivity index (χ3n) is 2.12. The van der Waals surface area contributed by atoms with Gasteiger partial charge in [-0.1, -0.05) is 0 Å². The maximum atomic E-state index is 11.6. The number of amides is 1. The number of hydrogen-bond donors (Lipinski definition) is 3. The van der Waals surface area contributed by atoms with Crippen LogP contribution in [-0.4, -0.2) is 24.1 Å². The summed E-state index contributed by atoms with van der Waals surface area (Å²) in [5.41, 5.74) is 5.82. The molecule has 0 aliphatic rings. The zero-order valence-electron chi connectivity index (χ0n) is 8.87.